The molecule has 7 nitrogen and oxygen atoms in total. The molecule has 1 aromatic heterocycles. The van der Waals surface area contributed by atoms with Gasteiger partial charge < -0.3 is 15.2 Å². The fourth-order valence-corrected chi connectivity index (χ4v) is 5.67. The predicted molar refractivity (Wildman–Crippen MR) is 122 cm³/mol. The molecule has 0 radical (unpaired) electrons. The maximum atomic E-state index is 13.5. The Labute approximate surface area is 213 Å². The van der Waals surface area contributed by atoms with Crippen LogP contribution in [-0.2, 0) is 29.7 Å². The maximum Gasteiger partial charge on any atom is 0.416 e. The second kappa shape index (κ2) is 9.62. The summed E-state index contributed by atoms with van der Waals surface area (Å²) in [5.41, 5.74) is -3.31. The molecule has 0 aliphatic carbocycles. The minimum atomic E-state index is -5.01. The molecule has 4 unspecified atom stereocenters. The number of aromatic nitrogens is 4. The third-order valence-electron chi connectivity index (χ3n) is 7.38. The van der Waals surface area contributed by atoms with Crippen molar-refractivity contribution >= 4 is 0 Å². The first-order valence-corrected chi connectivity index (χ1v) is 12.0. The number of aryl methyl sites for hydroxylation is 1. The number of fused-ring (bicyclic) bond motifs is 2. The molecular weight excluding hydrogens is 516 g/mol. The summed E-state index contributed by atoms with van der Waals surface area (Å²) >= 11 is 0. The van der Waals surface area contributed by atoms with Gasteiger partial charge in [0, 0.05) is 12.0 Å². The van der Waals surface area contributed by atoms with Crippen molar-refractivity contribution in [3.63, 3.8) is 0 Å². The van der Waals surface area contributed by atoms with Crippen molar-refractivity contribution in [3.8, 4) is 0 Å². The highest BCUT2D eigenvalue weighted by Crippen LogP contribution is 2.51. The highest BCUT2D eigenvalue weighted by molar-refractivity contribution is 5.36. The lowest BCUT2D eigenvalue weighted by Gasteiger charge is -2.43. The summed E-state index contributed by atoms with van der Waals surface area (Å²) in [5.74, 6) is 0.394. The third-order valence-corrected chi connectivity index (χ3v) is 7.38. The lowest BCUT2D eigenvalue weighted by molar-refractivity contribution is -0.143. The molecule has 38 heavy (non-hydrogen) atoms. The number of hydrogen-bond acceptors (Lipinski definition) is 6. The van der Waals surface area contributed by atoms with E-state index in [2.05, 4.69) is 20.7 Å². The Bertz CT molecular complexity index is 1250. The van der Waals surface area contributed by atoms with E-state index in [1.54, 1.807) is 7.05 Å². The van der Waals surface area contributed by atoms with Gasteiger partial charge in [-0.25, -0.2) is 0 Å². The Morgan fingerprint density at radius 2 is 1.71 bits per heavy atom. The van der Waals surface area contributed by atoms with Gasteiger partial charge in [0.15, 0.2) is 5.82 Å². The molecule has 0 spiro atoms. The number of aliphatic hydroxyl groups excluding tert-OH is 1. The molecule has 3 heterocycles. The lowest BCUT2D eigenvalue weighted by Crippen LogP contribution is -2.55. The van der Waals surface area contributed by atoms with Gasteiger partial charge in [-0.1, -0.05) is 30.3 Å². The SMILES string of the molecule is Cn1nnc([C@@H]2CC3(c4ccccc4)NC2CCC3OC(CO)c2cc(C(F)(F)F)cc(C(F)(F)F)c2)n1. The summed E-state index contributed by atoms with van der Waals surface area (Å²) < 4.78 is 87.1. The van der Waals surface area contributed by atoms with E-state index in [-0.39, 0.29) is 18.0 Å². The Hall–Kier alpha value is -3.03. The molecule has 2 bridgehead atoms. The van der Waals surface area contributed by atoms with Gasteiger partial charge in [0.05, 0.1) is 36.4 Å². The van der Waals surface area contributed by atoms with Crippen molar-refractivity contribution in [2.75, 3.05) is 6.61 Å². The van der Waals surface area contributed by atoms with Crippen LogP contribution in [0.1, 0.15) is 59.4 Å². The highest BCUT2D eigenvalue weighted by Gasteiger charge is 2.56. The lowest BCUT2D eigenvalue weighted by atomic mass is 9.79. The van der Waals surface area contributed by atoms with Crippen molar-refractivity contribution in [2.45, 2.75) is 61.3 Å². The van der Waals surface area contributed by atoms with Crippen LogP contribution in [0, 0.1) is 0 Å². The molecule has 0 amide bonds. The zero-order valence-corrected chi connectivity index (χ0v) is 20.2. The molecule has 3 aromatic rings. The molecule has 13 heteroatoms. The Kier molecular flexibility index (Phi) is 6.72. The molecule has 2 fully saturated rings. The standard InChI is InChI=1S/C25H25F6N5O2/c1-36-34-22(33-35-36)18-12-23(15-5-3-2-4-6-15)21(8-7-19(18)32-23)38-20(13-37)14-9-16(24(26,27)28)11-17(10-14)25(29,30)31/h2-6,9-11,18-21,32,37H,7-8,12-13H2,1H3/t18-,19?,20?,21?,23?/m1/s1. The van der Waals surface area contributed by atoms with Crippen molar-refractivity contribution in [1.82, 2.24) is 25.5 Å². The first kappa shape index (κ1) is 26.6. The van der Waals surface area contributed by atoms with E-state index in [1.165, 1.54) is 4.80 Å². The molecule has 204 valence electrons. The first-order valence-electron chi connectivity index (χ1n) is 12.0. The van der Waals surface area contributed by atoms with Crippen molar-refractivity contribution in [2.24, 2.45) is 7.05 Å². The molecular formula is C25H25F6N5O2. The smallest absolute Gasteiger partial charge is 0.393 e. The quantitative estimate of drug-likeness (QED) is 0.447. The predicted octanol–water partition coefficient (Wildman–Crippen LogP) is 4.50. The van der Waals surface area contributed by atoms with Crippen molar-refractivity contribution in [1.29, 1.82) is 0 Å². The van der Waals surface area contributed by atoms with Gasteiger partial charge in [0.1, 0.15) is 6.10 Å². The van der Waals surface area contributed by atoms with Crippen LogP contribution in [0.4, 0.5) is 26.3 Å². The zero-order chi connectivity index (χ0) is 27.3. The number of nitrogens with zero attached hydrogens (tertiary/aromatic N) is 4. The Balaban J connectivity index is 1.52. The van der Waals surface area contributed by atoms with Gasteiger partial charge in [-0.05, 0) is 53.8 Å². The second-order valence-electron chi connectivity index (χ2n) is 9.75. The van der Waals surface area contributed by atoms with E-state index >= 15 is 0 Å². The number of piperidine rings is 1. The molecule has 2 aliphatic rings. The average molecular weight is 541 g/mol. The minimum absolute atomic E-state index is 0.0442. The van der Waals surface area contributed by atoms with Crippen LogP contribution in [0.2, 0.25) is 0 Å². The van der Waals surface area contributed by atoms with E-state index in [1.807, 2.05) is 30.3 Å². The van der Waals surface area contributed by atoms with Gasteiger partial charge in [-0.15, -0.1) is 10.2 Å². The van der Waals surface area contributed by atoms with Gasteiger partial charge in [0.2, 0.25) is 0 Å². The van der Waals surface area contributed by atoms with E-state index in [0.29, 0.717) is 37.2 Å². The van der Waals surface area contributed by atoms with Crippen LogP contribution in [0.3, 0.4) is 0 Å². The van der Waals surface area contributed by atoms with Crippen molar-refractivity contribution in [3.05, 3.63) is 76.6 Å². The van der Waals surface area contributed by atoms with Gasteiger partial charge >= 0.3 is 12.4 Å². The van der Waals surface area contributed by atoms with E-state index in [0.717, 1.165) is 5.56 Å². The largest absolute Gasteiger partial charge is 0.416 e. The Morgan fingerprint density at radius 1 is 1.05 bits per heavy atom. The summed E-state index contributed by atoms with van der Waals surface area (Å²) in [6.45, 7) is -0.807. The summed E-state index contributed by atoms with van der Waals surface area (Å²) in [4.78, 5) is 1.36. The second-order valence-corrected chi connectivity index (χ2v) is 9.75. The fraction of sp³-hybridized carbons (Fsp3) is 0.480. The summed E-state index contributed by atoms with van der Waals surface area (Å²) in [6.07, 6.45) is -10.6. The number of halogens is 6. The molecule has 5 rings (SSSR count). The molecule has 2 aromatic carbocycles. The van der Waals surface area contributed by atoms with Crippen LogP contribution >= 0.6 is 0 Å². The van der Waals surface area contributed by atoms with E-state index in [9.17, 15) is 31.4 Å². The Morgan fingerprint density at radius 3 is 2.26 bits per heavy atom. The molecule has 2 saturated heterocycles. The number of ether oxygens (including phenoxy) is 1. The van der Waals surface area contributed by atoms with Crippen molar-refractivity contribution < 1.29 is 36.2 Å². The maximum absolute atomic E-state index is 13.5. The van der Waals surface area contributed by atoms with Gasteiger partial charge in [-0.2, -0.15) is 31.1 Å². The third kappa shape index (κ3) is 4.90. The van der Waals surface area contributed by atoms with Crippen LogP contribution in [0.5, 0.6) is 0 Å². The number of aliphatic hydroxyl groups is 1. The summed E-state index contributed by atoms with van der Waals surface area (Å²) in [7, 11) is 1.65. The summed E-state index contributed by atoms with van der Waals surface area (Å²) in [6, 6.07) is 10.5. The van der Waals surface area contributed by atoms with Crippen LogP contribution in [0.25, 0.3) is 0 Å². The molecule has 2 aliphatic heterocycles. The normalized spacial score (nSPS) is 26.5. The number of rotatable bonds is 6. The zero-order valence-electron chi connectivity index (χ0n) is 20.2. The molecule has 0 saturated carbocycles. The topological polar surface area (TPSA) is 85.1 Å². The minimum Gasteiger partial charge on any atom is -0.393 e. The number of alkyl halides is 6. The summed E-state index contributed by atoms with van der Waals surface area (Å²) in [5, 5.41) is 26.2. The molecule has 5 atom stereocenters. The van der Waals surface area contributed by atoms with E-state index in [4.69, 9.17) is 4.74 Å². The highest BCUT2D eigenvalue weighted by atomic mass is 19.4. The average Bonchev–Trinajstić information content (AvgIpc) is 3.44. The monoisotopic (exact) mass is 541 g/mol. The number of tetrazole rings is 1. The molecule has 2 N–H and O–H groups in total. The number of nitrogens with one attached hydrogen (secondary N) is 1. The first-order chi connectivity index (χ1) is 17.9. The van der Waals surface area contributed by atoms with Crippen LogP contribution < -0.4 is 5.32 Å². The van der Waals surface area contributed by atoms with Crippen LogP contribution in [-0.4, -0.2) is 44.1 Å². The number of benzene rings is 2. The van der Waals surface area contributed by atoms with E-state index < -0.39 is 53.4 Å². The van der Waals surface area contributed by atoms with Gasteiger partial charge in [0.25, 0.3) is 0 Å². The number of hydrogen-bond donors (Lipinski definition) is 2. The van der Waals surface area contributed by atoms with Gasteiger partial charge in [-0.3, -0.25) is 0 Å². The van der Waals surface area contributed by atoms with Crippen LogP contribution in [0.15, 0.2) is 48.5 Å². The fourth-order valence-electron chi connectivity index (χ4n) is 5.67.